The van der Waals surface area contributed by atoms with Crippen molar-refractivity contribution in [3.8, 4) is 0 Å². The van der Waals surface area contributed by atoms with Crippen LogP contribution in [0.3, 0.4) is 0 Å². The van der Waals surface area contributed by atoms with Crippen LogP contribution in [0.4, 0.5) is 0 Å². The lowest BCUT2D eigenvalue weighted by Gasteiger charge is -2.05. The lowest BCUT2D eigenvalue weighted by molar-refractivity contribution is 0.599. The SMILES string of the molecule is CCCC1CC1NCc1ccnc(CN)c1. The van der Waals surface area contributed by atoms with E-state index in [1.165, 1.54) is 24.8 Å². The molecular weight excluding hydrogens is 198 g/mol. The molecule has 1 saturated carbocycles. The molecule has 3 nitrogen and oxygen atoms in total. The van der Waals surface area contributed by atoms with Gasteiger partial charge in [0.2, 0.25) is 0 Å². The summed E-state index contributed by atoms with van der Waals surface area (Å²) in [6.45, 7) is 3.72. The molecule has 0 amide bonds. The Bertz CT molecular complexity index is 338. The van der Waals surface area contributed by atoms with Gasteiger partial charge < -0.3 is 11.1 Å². The van der Waals surface area contributed by atoms with Crippen LogP contribution in [-0.2, 0) is 13.1 Å². The van der Waals surface area contributed by atoms with E-state index in [0.29, 0.717) is 6.54 Å². The average molecular weight is 219 g/mol. The third kappa shape index (κ3) is 3.03. The van der Waals surface area contributed by atoms with Gasteiger partial charge in [-0.2, -0.15) is 0 Å². The van der Waals surface area contributed by atoms with Crippen molar-refractivity contribution < 1.29 is 0 Å². The van der Waals surface area contributed by atoms with E-state index in [-0.39, 0.29) is 0 Å². The van der Waals surface area contributed by atoms with Crippen LogP contribution in [0.15, 0.2) is 18.3 Å². The number of aromatic nitrogens is 1. The van der Waals surface area contributed by atoms with Crippen LogP contribution in [0.25, 0.3) is 0 Å². The minimum absolute atomic E-state index is 0.524. The monoisotopic (exact) mass is 219 g/mol. The number of pyridine rings is 1. The summed E-state index contributed by atoms with van der Waals surface area (Å²) in [5.41, 5.74) is 7.83. The zero-order chi connectivity index (χ0) is 11.4. The van der Waals surface area contributed by atoms with Crippen LogP contribution in [0.2, 0.25) is 0 Å². The fraction of sp³-hybridized carbons (Fsp3) is 0.615. The largest absolute Gasteiger partial charge is 0.325 e. The summed E-state index contributed by atoms with van der Waals surface area (Å²) in [6, 6.07) is 4.89. The highest BCUT2D eigenvalue weighted by Crippen LogP contribution is 2.34. The second kappa shape index (κ2) is 5.41. The Hall–Kier alpha value is -0.930. The molecule has 0 radical (unpaired) electrons. The number of nitrogens with one attached hydrogen (secondary N) is 1. The Morgan fingerprint density at radius 1 is 1.56 bits per heavy atom. The van der Waals surface area contributed by atoms with Crippen LogP contribution in [0.5, 0.6) is 0 Å². The standard InChI is InChI=1S/C13H21N3/c1-2-3-11-7-13(11)16-9-10-4-5-15-12(6-10)8-14/h4-6,11,13,16H,2-3,7-9,14H2,1H3. The van der Waals surface area contributed by atoms with Crippen LogP contribution in [0, 0.1) is 5.92 Å². The normalized spacial score (nSPS) is 23.4. The topological polar surface area (TPSA) is 50.9 Å². The molecule has 1 heterocycles. The summed E-state index contributed by atoms with van der Waals surface area (Å²) in [4.78, 5) is 4.19. The maximum absolute atomic E-state index is 5.57. The predicted octanol–water partition coefficient (Wildman–Crippen LogP) is 1.82. The van der Waals surface area contributed by atoms with Crippen molar-refractivity contribution in [3.63, 3.8) is 0 Å². The molecule has 1 aliphatic rings. The van der Waals surface area contributed by atoms with Gasteiger partial charge in [-0.15, -0.1) is 0 Å². The first-order valence-corrected chi connectivity index (χ1v) is 6.20. The lowest BCUT2D eigenvalue weighted by atomic mass is 10.2. The number of rotatable bonds is 6. The highest BCUT2D eigenvalue weighted by molar-refractivity contribution is 5.16. The van der Waals surface area contributed by atoms with Gasteiger partial charge in [0.15, 0.2) is 0 Å². The van der Waals surface area contributed by atoms with Crippen molar-refractivity contribution >= 4 is 0 Å². The molecule has 2 atom stereocenters. The molecule has 3 N–H and O–H groups in total. The first-order chi connectivity index (χ1) is 7.83. The molecule has 0 aliphatic heterocycles. The lowest BCUT2D eigenvalue weighted by Crippen LogP contribution is -2.18. The van der Waals surface area contributed by atoms with E-state index >= 15 is 0 Å². The van der Waals surface area contributed by atoms with Crippen molar-refractivity contribution in [2.75, 3.05) is 0 Å². The van der Waals surface area contributed by atoms with E-state index in [4.69, 9.17) is 5.73 Å². The van der Waals surface area contributed by atoms with Crippen molar-refractivity contribution in [2.24, 2.45) is 11.7 Å². The number of hydrogen-bond acceptors (Lipinski definition) is 3. The number of hydrogen-bond donors (Lipinski definition) is 2. The molecule has 0 saturated heterocycles. The molecule has 2 unspecified atom stereocenters. The molecule has 0 aromatic carbocycles. The second-order valence-electron chi connectivity index (χ2n) is 4.63. The Morgan fingerprint density at radius 2 is 2.44 bits per heavy atom. The predicted molar refractivity (Wildman–Crippen MR) is 65.8 cm³/mol. The Balaban J connectivity index is 1.77. The third-order valence-electron chi connectivity index (χ3n) is 3.24. The summed E-state index contributed by atoms with van der Waals surface area (Å²) < 4.78 is 0. The molecule has 1 aromatic rings. The highest BCUT2D eigenvalue weighted by atomic mass is 15.0. The van der Waals surface area contributed by atoms with Crippen LogP contribution in [0.1, 0.15) is 37.4 Å². The molecular formula is C13H21N3. The van der Waals surface area contributed by atoms with Gasteiger partial charge in [0, 0.05) is 25.3 Å². The summed E-state index contributed by atoms with van der Waals surface area (Å²) in [7, 11) is 0. The Labute approximate surface area is 97.5 Å². The highest BCUT2D eigenvalue weighted by Gasteiger charge is 2.35. The fourth-order valence-corrected chi connectivity index (χ4v) is 2.19. The fourth-order valence-electron chi connectivity index (χ4n) is 2.19. The zero-order valence-electron chi connectivity index (χ0n) is 9.95. The van der Waals surface area contributed by atoms with E-state index < -0.39 is 0 Å². The molecule has 0 spiro atoms. The van der Waals surface area contributed by atoms with Gasteiger partial charge in [-0.25, -0.2) is 0 Å². The molecule has 3 heteroatoms. The molecule has 1 aliphatic carbocycles. The van der Waals surface area contributed by atoms with Crippen LogP contribution < -0.4 is 11.1 Å². The summed E-state index contributed by atoms with van der Waals surface area (Å²) in [5, 5.41) is 3.59. The van der Waals surface area contributed by atoms with E-state index in [1.54, 1.807) is 0 Å². The van der Waals surface area contributed by atoms with Gasteiger partial charge in [-0.05, 0) is 36.5 Å². The third-order valence-corrected chi connectivity index (χ3v) is 3.24. The summed E-state index contributed by atoms with van der Waals surface area (Å²) in [6.07, 6.45) is 5.86. The van der Waals surface area contributed by atoms with Crippen molar-refractivity contribution in [1.29, 1.82) is 0 Å². The summed E-state index contributed by atoms with van der Waals surface area (Å²) >= 11 is 0. The van der Waals surface area contributed by atoms with Gasteiger partial charge in [-0.3, -0.25) is 4.98 Å². The molecule has 0 bridgehead atoms. The zero-order valence-corrected chi connectivity index (χ0v) is 9.95. The van der Waals surface area contributed by atoms with E-state index in [2.05, 4.69) is 29.4 Å². The van der Waals surface area contributed by atoms with Gasteiger partial charge in [0.05, 0.1) is 5.69 Å². The van der Waals surface area contributed by atoms with Crippen molar-refractivity contribution in [3.05, 3.63) is 29.6 Å². The van der Waals surface area contributed by atoms with Gasteiger partial charge >= 0.3 is 0 Å². The maximum Gasteiger partial charge on any atom is 0.0542 e. The number of nitrogens with zero attached hydrogens (tertiary/aromatic N) is 1. The average Bonchev–Trinajstić information content (AvgIpc) is 3.06. The number of nitrogens with two attached hydrogens (primary N) is 1. The first kappa shape index (κ1) is 11.6. The Kier molecular flexibility index (Phi) is 3.91. The molecule has 2 rings (SSSR count). The second-order valence-corrected chi connectivity index (χ2v) is 4.63. The van der Waals surface area contributed by atoms with E-state index in [1.807, 2.05) is 6.20 Å². The quantitative estimate of drug-likeness (QED) is 0.767. The maximum atomic E-state index is 5.57. The van der Waals surface area contributed by atoms with E-state index in [9.17, 15) is 0 Å². The minimum Gasteiger partial charge on any atom is -0.325 e. The van der Waals surface area contributed by atoms with Crippen molar-refractivity contribution in [2.45, 2.75) is 45.3 Å². The van der Waals surface area contributed by atoms with Gasteiger partial charge in [0.25, 0.3) is 0 Å². The molecule has 1 aromatic heterocycles. The first-order valence-electron chi connectivity index (χ1n) is 6.20. The summed E-state index contributed by atoms with van der Waals surface area (Å²) in [5.74, 6) is 0.917. The van der Waals surface area contributed by atoms with Crippen LogP contribution in [-0.4, -0.2) is 11.0 Å². The smallest absolute Gasteiger partial charge is 0.0542 e. The Morgan fingerprint density at radius 3 is 3.19 bits per heavy atom. The van der Waals surface area contributed by atoms with Gasteiger partial charge in [0.1, 0.15) is 0 Å². The molecule has 16 heavy (non-hydrogen) atoms. The molecule has 88 valence electrons. The van der Waals surface area contributed by atoms with Crippen LogP contribution >= 0.6 is 0 Å². The van der Waals surface area contributed by atoms with Crippen molar-refractivity contribution in [1.82, 2.24) is 10.3 Å². The van der Waals surface area contributed by atoms with Gasteiger partial charge in [-0.1, -0.05) is 13.3 Å². The van der Waals surface area contributed by atoms with E-state index in [0.717, 1.165) is 24.2 Å². The molecule has 1 fully saturated rings. The minimum atomic E-state index is 0.524.